The zero-order chi connectivity index (χ0) is 19.4. The number of piperidine rings is 1. The van der Waals surface area contributed by atoms with Crippen molar-refractivity contribution in [3.63, 3.8) is 0 Å². The fourth-order valence-electron chi connectivity index (χ4n) is 3.52. The molecule has 0 aliphatic carbocycles. The highest BCUT2D eigenvalue weighted by Gasteiger charge is 2.35. The highest BCUT2D eigenvalue weighted by molar-refractivity contribution is 7.89. The van der Waals surface area contributed by atoms with Gasteiger partial charge >= 0.3 is 0 Å². The average molecular weight is 404 g/mol. The Morgan fingerprint density at radius 2 is 1.44 bits per heavy atom. The average Bonchev–Trinajstić information content (AvgIpc) is 2.62. The second-order valence-electron chi connectivity index (χ2n) is 6.93. The van der Waals surface area contributed by atoms with Crippen molar-refractivity contribution < 1.29 is 8.42 Å². The maximum absolute atomic E-state index is 13.1. The second kappa shape index (κ2) is 8.37. The lowest BCUT2D eigenvalue weighted by Gasteiger charge is -2.37. The van der Waals surface area contributed by atoms with E-state index in [9.17, 15) is 8.42 Å². The van der Waals surface area contributed by atoms with Crippen LogP contribution < -0.4 is 10.6 Å². The standard InChI is InChI=1S/C20H25N3O2S2/c1-15-7-6-8-16(2)23(15)27(24,25)19-13-11-18(12-14-19)22-20(26)21-17-9-4-3-5-10-17/h3-5,9-16H,6-8H2,1-2H3,(H2,21,22,26). The number of thiocarbonyl (C=S) groups is 1. The van der Waals surface area contributed by atoms with Gasteiger partial charge in [0.2, 0.25) is 10.0 Å². The summed E-state index contributed by atoms with van der Waals surface area (Å²) >= 11 is 5.31. The molecule has 1 aliphatic heterocycles. The molecule has 1 fully saturated rings. The molecule has 0 spiro atoms. The predicted molar refractivity (Wildman–Crippen MR) is 115 cm³/mol. The zero-order valence-electron chi connectivity index (χ0n) is 15.6. The number of nitrogens with one attached hydrogen (secondary N) is 2. The summed E-state index contributed by atoms with van der Waals surface area (Å²) in [6, 6.07) is 16.4. The van der Waals surface area contributed by atoms with Gasteiger partial charge in [-0.05, 0) is 75.3 Å². The molecule has 0 amide bonds. The van der Waals surface area contributed by atoms with E-state index in [-0.39, 0.29) is 12.1 Å². The van der Waals surface area contributed by atoms with Crippen molar-refractivity contribution in [3.8, 4) is 0 Å². The molecule has 1 saturated heterocycles. The summed E-state index contributed by atoms with van der Waals surface area (Å²) < 4.78 is 27.8. The monoisotopic (exact) mass is 403 g/mol. The minimum Gasteiger partial charge on any atom is -0.332 e. The Bertz CT molecular complexity index is 873. The predicted octanol–water partition coefficient (Wildman–Crippen LogP) is 4.45. The molecule has 2 aromatic carbocycles. The first kappa shape index (κ1) is 19.8. The van der Waals surface area contributed by atoms with E-state index in [4.69, 9.17) is 12.2 Å². The fourth-order valence-corrected chi connectivity index (χ4v) is 5.64. The number of rotatable bonds is 4. The van der Waals surface area contributed by atoms with Crippen molar-refractivity contribution in [1.29, 1.82) is 0 Å². The van der Waals surface area contributed by atoms with Gasteiger partial charge < -0.3 is 10.6 Å². The molecule has 0 aromatic heterocycles. The molecule has 5 nitrogen and oxygen atoms in total. The van der Waals surface area contributed by atoms with E-state index in [1.807, 2.05) is 44.2 Å². The number of sulfonamides is 1. The second-order valence-corrected chi connectivity index (χ2v) is 9.18. The minimum absolute atomic E-state index is 0.0270. The number of nitrogens with zero attached hydrogens (tertiary/aromatic N) is 1. The van der Waals surface area contributed by atoms with E-state index in [0.29, 0.717) is 10.0 Å². The van der Waals surface area contributed by atoms with Crippen LogP contribution in [0.3, 0.4) is 0 Å². The highest BCUT2D eigenvalue weighted by Crippen LogP contribution is 2.29. The molecule has 0 bridgehead atoms. The molecule has 2 atom stereocenters. The lowest BCUT2D eigenvalue weighted by molar-refractivity contribution is 0.204. The Kier molecular flexibility index (Phi) is 6.14. The Hall–Kier alpha value is -1.96. The van der Waals surface area contributed by atoms with Crippen LogP contribution in [0, 0.1) is 0 Å². The largest absolute Gasteiger partial charge is 0.332 e. The van der Waals surface area contributed by atoms with Gasteiger partial charge in [-0.2, -0.15) is 4.31 Å². The van der Waals surface area contributed by atoms with Gasteiger partial charge in [0.1, 0.15) is 0 Å². The van der Waals surface area contributed by atoms with Crippen LogP contribution >= 0.6 is 12.2 Å². The van der Waals surface area contributed by atoms with Gasteiger partial charge in [-0.1, -0.05) is 24.6 Å². The molecule has 1 aliphatic rings. The third-order valence-corrected chi connectivity index (χ3v) is 7.18. The third kappa shape index (κ3) is 4.66. The van der Waals surface area contributed by atoms with E-state index in [1.54, 1.807) is 28.6 Å². The van der Waals surface area contributed by atoms with E-state index in [1.165, 1.54) is 0 Å². The zero-order valence-corrected chi connectivity index (χ0v) is 17.2. The van der Waals surface area contributed by atoms with Crippen LogP contribution in [0.15, 0.2) is 59.5 Å². The number of anilines is 2. The van der Waals surface area contributed by atoms with Crippen molar-refractivity contribution in [2.45, 2.75) is 50.1 Å². The summed E-state index contributed by atoms with van der Waals surface area (Å²) in [5, 5.41) is 6.62. The summed E-state index contributed by atoms with van der Waals surface area (Å²) in [4.78, 5) is 0.315. The van der Waals surface area contributed by atoms with Crippen molar-refractivity contribution in [3.05, 3.63) is 54.6 Å². The first-order valence-corrected chi connectivity index (χ1v) is 11.0. The van der Waals surface area contributed by atoms with E-state index in [0.717, 1.165) is 30.6 Å². The minimum atomic E-state index is -3.50. The molecule has 27 heavy (non-hydrogen) atoms. The van der Waals surface area contributed by atoms with Crippen molar-refractivity contribution >= 4 is 38.7 Å². The van der Waals surface area contributed by atoms with Gasteiger partial charge in [0.15, 0.2) is 5.11 Å². The van der Waals surface area contributed by atoms with Crippen LogP contribution in [0.25, 0.3) is 0 Å². The van der Waals surface area contributed by atoms with E-state index >= 15 is 0 Å². The van der Waals surface area contributed by atoms with Gasteiger partial charge in [-0.3, -0.25) is 0 Å². The number of hydrogen-bond acceptors (Lipinski definition) is 3. The summed E-state index contributed by atoms with van der Waals surface area (Å²) in [5.41, 5.74) is 1.63. The van der Waals surface area contributed by atoms with Crippen molar-refractivity contribution in [1.82, 2.24) is 4.31 Å². The maximum atomic E-state index is 13.1. The molecule has 0 radical (unpaired) electrons. The van der Waals surface area contributed by atoms with Gasteiger partial charge in [0.05, 0.1) is 4.90 Å². The van der Waals surface area contributed by atoms with Gasteiger partial charge in [-0.15, -0.1) is 0 Å². The van der Waals surface area contributed by atoms with E-state index in [2.05, 4.69) is 10.6 Å². The highest BCUT2D eigenvalue weighted by atomic mass is 32.2. The number of hydrogen-bond donors (Lipinski definition) is 2. The van der Waals surface area contributed by atoms with Crippen LogP contribution in [0.4, 0.5) is 11.4 Å². The number of para-hydroxylation sites is 1. The quantitative estimate of drug-likeness (QED) is 0.739. The molecular formula is C20H25N3O2S2. The molecule has 2 unspecified atom stereocenters. The number of benzene rings is 2. The van der Waals surface area contributed by atoms with Gasteiger partial charge in [-0.25, -0.2) is 8.42 Å². The van der Waals surface area contributed by atoms with Gasteiger partial charge in [0.25, 0.3) is 0 Å². The van der Waals surface area contributed by atoms with Gasteiger partial charge in [0, 0.05) is 23.5 Å². The Labute approximate surface area is 166 Å². The van der Waals surface area contributed by atoms with Crippen LogP contribution in [-0.2, 0) is 10.0 Å². The van der Waals surface area contributed by atoms with Crippen LogP contribution in [0.2, 0.25) is 0 Å². The lowest BCUT2D eigenvalue weighted by Crippen LogP contribution is -2.47. The molecule has 2 N–H and O–H groups in total. The summed E-state index contributed by atoms with van der Waals surface area (Å²) in [5.74, 6) is 0. The topological polar surface area (TPSA) is 61.4 Å². The first-order chi connectivity index (χ1) is 12.9. The van der Waals surface area contributed by atoms with Crippen LogP contribution in [0.5, 0.6) is 0 Å². The summed E-state index contributed by atoms with van der Waals surface area (Å²) in [7, 11) is -3.50. The molecule has 3 rings (SSSR count). The molecule has 7 heteroatoms. The molecule has 0 saturated carbocycles. The molecule has 1 heterocycles. The van der Waals surface area contributed by atoms with Crippen molar-refractivity contribution in [2.75, 3.05) is 10.6 Å². The van der Waals surface area contributed by atoms with E-state index < -0.39 is 10.0 Å². The lowest BCUT2D eigenvalue weighted by atomic mass is 10.0. The molecule has 2 aromatic rings. The van der Waals surface area contributed by atoms with Crippen molar-refractivity contribution in [2.24, 2.45) is 0 Å². The maximum Gasteiger partial charge on any atom is 0.243 e. The first-order valence-electron chi connectivity index (χ1n) is 9.14. The van der Waals surface area contributed by atoms with Crippen LogP contribution in [0.1, 0.15) is 33.1 Å². The molecule has 144 valence electrons. The third-order valence-electron chi connectivity index (χ3n) is 4.83. The smallest absolute Gasteiger partial charge is 0.243 e. The Balaban J connectivity index is 1.70. The summed E-state index contributed by atoms with van der Waals surface area (Å²) in [6.45, 7) is 3.97. The van der Waals surface area contributed by atoms with Crippen LogP contribution in [-0.4, -0.2) is 29.9 Å². The Morgan fingerprint density at radius 3 is 2.00 bits per heavy atom. The Morgan fingerprint density at radius 1 is 0.926 bits per heavy atom. The summed E-state index contributed by atoms with van der Waals surface area (Å²) in [6.07, 6.45) is 2.88. The normalized spacial score (nSPS) is 20.8. The SMILES string of the molecule is CC1CCCC(C)N1S(=O)(=O)c1ccc(NC(=S)Nc2ccccc2)cc1. The molecular weight excluding hydrogens is 378 g/mol. The fraction of sp³-hybridized carbons (Fsp3) is 0.350.